The van der Waals surface area contributed by atoms with Crippen LogP contribution in [0.4, 0.5) is 5.69 Å². The van der Waals surface area contributed by atoms with Crippen LogP contribution >= 0.6 is 0 Å². The number of likely N-dealkylation sites (N-methyl/N-ethyl adjacent to an activating group) is 1. The molecule has 0 heterocycles. The molecule has 156 valence electrons. The van der Waals surface area contributed by atoms with E-state index >= 15 is 0 Å². The molecule has 0 atom stereocenters. The number of fused-ring (bicyclic) bond motifs is 1. The maximum Gasteiger partial charge on any atom is 0.255 e. The predicted molar refractivity (Wildman–Crippen MR) is 120 cm³/mol. The number of rotatable bonds is 7. The molecule has 0 bridgehead atoms. The van der Waals surface area contributed by atoms with Gasteiger partial charge in [-0.05, 0) is 40.6 Å². The van der Waals surface area contributed by atoms with Crippen molar-refractivity contribution in [3.05, 3.63) is 72.3 Å². The third-order valence-corrected chi connectivity index (χ3v) is 6.41. The lowest BCUT2D eigenvalue weighted by molar-refractivity contribution is -0.121. The highest BCUT2D eigenvalue weighted by molar-refractivity contribution is 7.89. The molecule has 8 heteroatoms. The Hall–Kier alpha value is -3.23. The minimum absolute atomic E-state index is 0.140. The van der Waals surface area contributed by atoms with Crippen LogP contribution in [-0.4, -0.2) is 52.5 Å². The second kappa shape index (κ2) is 9.06. The van der Waals surface area contributed by atoms with Gasteiger partial charge >= 0.3 is 0 Å². The van der Waals surface area contributed by atoms with Gasteiger partial charge < -0.3 is 4.90 Å². The molecule has 1 amide bonds. The summed E-state index contributed by atoms with van der Waals surface area (Å²) in [7, 11) is 1.47. The number of hydrogen-bond donors (Lipinski definition) is 1. The summed E-state index contributed by atoms with van der Waals surface area (Å²) in [6, 6.07) is 20.0. The fraction of sp³-hybridized carbons (Fsp3) is 0.182. The van der Waals surface area contributed by atoms with Gasteiger partial charge in [0.2, 0.25) is 10.0 Å². The van der Waals surface area contributed by atoms with Crippen LogP contribution in [0.25, 0.3) is 10.8 Å². The van der Waals surface area contributed by atoms with Crippen molar-refractivity contribution in [3.8, 4) is 0 Å². The molecule has 0 spiro atoms. The van der Waals surface area contributed by atoms with Gasteiger partial charge in [0.25, 0.3) is 5.91 Å². The molecular weight excluding hydrogens is 400 g/mol. The topological polar surface area (TPSA) is 82.1 Å². The number of carbonyl (C=O) groups excluding carboxylic acids is 1. The molecule has 0 fully saturated rings. The zero-order valence-corrected chi connectivity index (χ0v) is 17.9. The molecule has 30 heavy (non-hydrogen) atoms. The van der Waals surface area contributed by atoms with E-state index in [1.165, 1.54) is 13.3 Å². The third-order valence-electron chi connectivity index (χ3n) is 4.61. The summed E-state index contributed by atoms with van der Waals surface area (Å²) < 4.78 is 26.6. The molecule has 0 saturated carbocycles. The number of amides is 1. The Kier molecular flexibility index (Phi) is 6.49. The zero-order valence-electron chi connectivity index (χ0n) is 17.1. The highest BCUT2D eigenvalue weighted by Gasteiger charge is 2.23. The van der Waals surface area contributed by atoms with E-state index in [1.54, 1.807) is 18.2 Å². The van der Waals surface area contributed by atoms with Crippen molar-refractivity contribution in [3.63, 3.8) is 0 Å². The number of nitrogens with zero attached hydrogens (tertiary/aromatic N) is 3. The lowest BCUT2D eigenvalue weighted by atomic mass is 10.1. The second-order valence-corrected chi connectivity index (χ2v) is 9.09. The predicted octanol–water partition coefficient (Wildman–Crippen LogP) is 2.68. The smallest absolute Gasteiger partial charge is 0.255 e. The Morgan fingerprint density at radius 3 is 2.30 bits per heavy atom. The Bertz CT molecular complexity index is 1170. The average molecular weight is 425 g/mol. The molecule has 3 rings (SSSR count). The average Bonchev–Trinajstić information content (AvgIpc) is 2.73. The van der Waals surface area contributed by atoms with Gasteiger partial charge in [0.15, 0.2) is 0 Å². The quantitative estimate of drug-likeness (QED) is 0.467. The summed E-state index contributed by atoms with van der Waals surface area (Å²) in [4.78, 5) is 14.3. The van der Waals surface area contributed by atoms with Gasteiger partial charge in [-0.15, -0.1) is 0 Å². The number of carbonyl (C=O) groups is 1. The monoisotopic (exact) mass is 424 g/mol. The van der Waals surface area contributed by atoms with Crippen LogP contribution in [0, 0.1) is 0 Å². The SMILES string of the molecule is CN(C)c1ccc(/C=N\NC(=O)CN(C)S(=O)(=O)c2ccc3ccccc3c2)cc1. The molecule has 0 aliphatic rings. The van der Waals surface area contributed by atoms with E-state index in [-0.39, 0.29) is 11.4 Å². The summed E-state index contributed by atoms with van der Waals surface area (Å²) in [5.74, 6) is -0.525. The van der Waals surface area contributed by atoms with E-state index in [0.29, 0.717) is 0 Å². The van der Waals surface area contributed by atoms with Crippen molar-refractivity contribution >= 4 is 38.6 Å². The zero-order chi connectivity index (χ0) is 21.7. The van der Waals surface area contributed by atoms with E-state index in [4.69, 9.17) is 0 Å². The van der Waals surface area contributed by atoms with Crippen LogP contribution in [0.15, 0.2) is 76.7 Å². The van der Waals surface area contributed by atoms with Crippen LogP contribution in [0.2, 0.25) is 0 Å². The molecule has 0 aromatic heterocycles. The summed E-state index contributed by atoms with van der Waals surface area (Å²) in [5.41, 5.74) is 4.24. The second-order valence-electron chi connectivity index (χ2n) is 7.05. The fourth-order valence-corrected chi connectivity index (χ4v) is 4.03. The van der Waals surface area contributed by atoms with Gasteiger partial charge in [0.1, 0.15) is 0 Å². The first-order valence-electron chi connectivity index (χ1n) is 9.32. The summed E-state index contributed by atoms with van der Waals surface area (Å²) in [6.07, 6.45) is 1.51. The Morgan fingerprint density at radius 2 is 1.63 bits per heavy atom. The molecule has 3 aromatic rings. The summed E-state index contributed by atoms with van der Waals surface area (Å²) in [6.45, 7) is -0.341. The molecule has 1 N–H and O–H groups in total. The maximum absolute atomic E-state index is 12.8. The third kappa shape index (κ3) is 5.03. The van der Waals surface area contributed by atoms with E-state index in [0.717, 1.165) is 26.3 Å². The molecule has 7 nitrogen and oxygen atoms in total. The lowest BCUT2D eigenvalue weighted by Crippen LogP contribution is -2.36. The highest BCUT2D eigenvalue weighted by Crippen LogP contribution is 2.21. The van der Waals surface area contributed by atoms with Crippen LogP contribution in [0.3, 0.4) is 0 Å². The van der Waals surface area contributed by atoms with Crippen LogP contribution in [0.1, 0.15) is 5.56 Å². The standard InChI is InChI=1S/C22H24N4O3S/c1-25(2)20-11-8-17(9-12-20)15-23-24-22(27)16-26(3)30(28,29)21-13-10-18-6-4-5-7-19(18)14-21/h4-15H,16H2,1-3H3,(H,24,27)/b23-15-. The number of anilines is 1. The van der Waals surface area contributed by atoms with Crippen molar-refractivity contribution in [1.29, 1.82) is 0 Å². The van der Waals surface area contributed by atoms with Crippen molar-refractivity contribution in [2.45, 2.75) is 4.90 Å². The number of hydrogen-bond acceptors (Lipinski definition) is 5. The van der Waals surface area contributed by atoms with Gasteiger partial charge in [-0.25, -0.2) is 13.8 Å². The molecule has 0 aliphatic carbocycles. The van der Waals surface area contributed by atoms with Crippen molar-refractivity contribution in [2.75, 3.05) is 32.6 Å². The minimum atomic E-state index is -3.80. The van der Waals surface area contributed by atoms with Gasteiger partial charge in [-0.2, -0.15) is 9.41 Å². The van der Waals surface area contributed by atoms with E-state index < -0.39 is 15.9 Å². The summed E-state index contributed by atoms with van der Waals surface area (Å²) in [5, 5.41) is 5.67. The number of benzene rings is 3. The molecule has 0 saturated heterocycles. The molecule has 3 aromatic carbocycles. The van der Waals surface area contributed by atoms with Gasteiger partial charge in [-0.3, -0.25) is 4.79 Å². The van der Waals surface area contributed by atoms with Gasteiger partial charge in [0.05, 0.1) is 17.7 Å². The lowest BCUT2D eigenvalue weighted by Gasteiger charge is -2.16. The summed E-state index contributed by atoms with van der Waals surface area (Å²) >= 11 is 0. The maximum atomic E-state index is 12.8. The Labute approximate surface area is 176 Å². The van der Waals surface area contributed by atoms with Crippen LogP contribution < -0.4 is 10.3 Å². The first kappa shape index (κ1) is 21.5. The fourth-order valence-electron chi connectivity index (χ4n) is 2.87. The first-order valence-corrected chi connectivity index (χ1v) is 10.8. The Balaban J connectivity index is 1.62. The van der Waals surface area contributed by atoms with Crippen molar-refractivity contribution in [1.82, 2.24) is 9.73 Å². The molecular formula is C22H24N4O3S. The van der Waals surface area contributed by atoms with Crippen molar-refractivity contribution in [2.24, 2.45) is 5.10 Å². The molecule has 0 unspecified atom stereocenters. The highest BCUT2D eigenvalue weighted by atomic mass is 32.2. The Morgan fingerprint density at radius 1 is 0.967 bits per heavy atom. The van der Waals surface area contributed by atoms with Gasteiger partial charge in [0, 0.05) is 26.8 Å². The largest absolute Gasteiger partial charge is 0.378 e. The number of sulfonamides is 1. The van der Waals surface area contributed by atoms with E-state index in [2.05, 4.69) is 10.5 Å². The first-order chi connectivity index (χ1) is 14.3. The van der Waals surface area contributed by atoms with E-state index in [9.17, 15) is 13.2 Å². The van der Waals surface area contributed by atoms with Crippen LogP contribution in [0.5, 0.6) is 0 Å². The van der Waals surface area contributed by atoms with Gasteiger partial charge in [-0.1, -0.05) is 42.5 Å². The number of nitrogens with one attached hydrogen (secondary N) is 1. The van der Waals surface area contributed by atoms with E-state index in [1.807, 2.05) is 67.5 Å². The molecule has 0 radical (unpaired) electrons. The number of hydrazone groups is 1. The molecule has 0 aliphatic heterocycles. The minimum Gasteiger partial charge on any atom is -0.378 e. The normalized spacial score (nSPS) is 11.9. The van der Waals surface area contributed by atoms with Crippen LogP contribution in [-0.2, 0) is 14.8 Å². The van der Waals surface area contributed by atoms with Crippen molar-refractivity contribution < 1.29 is 13.2 Å².